The molecule has 56 heavy (non-hydrogen) atoms. The van der Waals surface area contributed by atoms with Crippen LogP contribution in [0.5, 0.6) is 0 Å². The van der Waals surface area contributed by atoms with Crippen LogP contribution in [-0.2, 0) is 12.7 Å². The summed E-state index contributed by atoms with van der Waals surface area (Å²) in [6.45, 7) is 7.55. The van der Waals surface area contributed by atoms with E-state index >= 15 is 0 Å². The van der Waals surface area contributed by atoms with Gasteiger partial charge in [0.05, 0.1) is 34.7 Å². The van der Waals surface area contributed by atoms with E-state index in [0.29, 0.717) is 29.0 Å². The first kappa shape index (κ1) is 38.3. The van der Waals surface area contributed by atoms with Gasteiger partial charge in [0, 0.05) is 48.5 Å². The summed E-state index contributed by atoms with van der Waals surface area (Å²) in [4.78, 5) is 50.3. The highest BCUT2D eigenvalue weighted by molar-refractivity contribution is 6.00. The number of aryl methyl sites for hydroxylation is 3. The molecule has 5 heterocycles. The van der Waals surface area contributed by atoms with Crippen LogP contribution in [0, 0.1) is 20.8 Å². The van der Waals surface area contributed by atoms with E-state index < -0.39 is 17.6 Å². The van der Waals surface area contributed by atoms with E-state index in [1.807, 2.05) is 49.6 Å². The predicted octanol–water partition coefficient (Wildman–Crippen LogP) is 8.38. The molecule has 0 saturated carbocycles. The summed E-state index contributed by atoms with van der Waals surface area (Å²) in [5.41, 5.74) is 7.93. The van der Waals surface area contributed by atoms with Crippen molar-refractivity contribution in [1.29, 1.82) is 0 Å². The molecule has 4 aromatic heterocycles. The number of hydrogen-bond acceptors (Lipinski definition) is 7. The maximum Gasteiger partial charge on any atom is 0.416 e. The largest absolute Gasteiger partial charge is 0.416 e. The van der Waals surface area contributed by atoms with Crippen LogP contribution in [0.25, 0.3) is 22.3 Å². The Morgan fingerprint density at radius 1 is 0.804 bits per heavy atom. The van der Waals surface area contributed by atoms with Gasteiger partial charge in [-0.3, -0.25) is 24.5 Å². The van der Waals surface area contributed by atoms with Gasteiger partial charge in [-0.25, -0.2) is 9.97 Å². The maximum absolute atomic E-state index is 13.5. The summed E-state index contributed by atoms with van der Waals surface area (Å²) in [5, 5.41) is 6.56. The normalized spacial score (nSPS) is 16.2. The molecule has 3 N–H and O–H groups in total. The Balaban J connectivity index is 1.00. The minimum Gasteiger partial charge on any atom is -0.351 e. The summed E-state index contributed by atoms with van der Waals surface area (Å²) in [5.74, 6) is -0.714. The van der Waals surface area contributed by atoms with Crippen LogP contribution in [0.15, 0.2) is 91.5 Å². The first-order chi connectivity index (χ1) is 27.0. The number of likely N-dealkylation sites (tertiary alicyclic amines) is 1. The molecule has 0 unspecified atom stereocenters. The zero-order valence-corrected chi connectivity index (χ0v) is 31.5. The fraction of sp³-hybridized carbons (Fsp3) is 0.302. The van der Waals surface area contributed by atoms with Crippen molar-refractivity contribution < 1.29 is 22.8 Å². The molecule has 288 valence electrons. The SMILES string of the molecule is Cc1cc(-c2ncnc3[nH]c(C(=O)NCCCN4[C@@H](c5ncccc5C)CCC[C@H]4c4ncccc4C)cc23)ccc1CNC(=O)c1ccc(C(F)(F)F)cc1. The number of alkyl halides is 3. The highest BCUT2D eigenvalue weighted by Crippen LogP contribution is 2.42. The van der Waals surface area contributed by atoms with Crippen molar-refractivity contribution in [2.24, 2.45) is 0 Å². The van der Waals surface area contributed by atoms with Crippen LogP contribution in [-0.4, -0.2) is 54.7 Å². The van der Waals surface area contributed by atoms with Crippen molar-refractivity contribution >= 4 is 22.8 Å². The van der Waals surface area contributed by atoms with Gasteiger partial charge in [0.15, 0.2) is 0 Å². The average Bonchev–Trinajstić information content (AvgIpc) is 3.64. The molecule has 10 nitrogen and oxygen atoms in total. The first-order valence-electron chi connectivity index (χ1n) is 18.7. The predicted molar refractivity (Wildman–Crippen MR) is 208 cm³/mol. The lowest BCUT2D eigenvalue weighted by atomic mass is 9.88. The molecular formula is C43H43F3N8O2. The summed E-state index contributed by atoms with van der Waals surface area (Å²) < 4.78 is 38.7. The van der Waals surface area contributed by atoms with Gasteiger partial charge >= 0.3 is 6.18 Å². The lowest BCUT2D eigenvalue weighted by molar-refractivity contribution is -0.137. The third-order valence-electron chi connectivity index (χ3n) is 10.6. The Bertz CT molecular complexity index is 2310. The van der Waals surface area contributed by atoms with Gasteiger partial charge in [0.2, 0.25) is 0 Å². The molecule has 0 spiro atoms. The van der Waals surface area contributed by atoms with Gasteiger partial charge in [-0.15, -0.1) is 0 Å². The average molecular weight is 761 g/mol. The van der Waals surface area contributed by atoms with Crippen LogP contribution in [0.2, 0.25) is 0 Å². The number of rotatable bonds is 11. The standard InChI is InChI=1S/C43H43F3N8O2/c1-26-8-5-18-47-37(26)35-10-4-11-36(38-27(2)9-6-19-48-38)54(35)21-7-20-49-42(56)34-23-33-39(51-25-52-40(33)53-34)30-12-13-31(28(3)22-30)24-50-41(55)29-14-16-32(17-15-29)43(44,45)46/h5-6,8-9,12-19,22-23,25,35-36H,4,7,10-11,20-21,24H2,1-3H3,(H,49,56)(H,50,55)(H,51,52,53)/t35-,36+. The fourth-order valence-corrected chi connectivity index (χ4v) is 7.63. The molecule has 0 aliphatic carbocycles. The van der Waals surface area contributed by atoms with Crippen molar-refractivity contribution in [3.05, 3.63) is 142 Å². The molecule has 13 heteroatoms. The Labute approximate surface area is 323 Å². The third-order valence-corrected chi connectivity index (χ3v) is 10.6. The van der Waals surface area contributed by atoms with Crippen LogP contribution >= 0.6 is 0 Å². The highest BCUT2D eigenvalue weighted by Gasteiger charge is 2.35. The van der Waals surface area contributed by atoms with Crippen molar-refractivity contribution in [2.75, 3.05) is 13.1 Å². The van der Waals surface area contributed by atoms with Crippen LogP contribution in [0.4, 0.5) is 13.2 Å². The van der Waals surface area contributed by atoms with E-state index in [9.17, 15) is 22.8 Å². The number of benzene rings is 2. The van der Waals surface area contributed by atoms with Gasteiger partial charge < -0.3 is 15.6 Å². The number of nitrogens with zero attached hydrogens (tertiary/aromatic N) is 5. The zero-order valence-electron chi connectivity index (χ0n) is 31.5. The van der Waals surface area contributed by atoms with Crippen molar-refractivity contribution in [3.63, 3.8) is 0 Å². The zero-order chi connectivity index (χ0) is 39.4. The lowest BCUT2D eigenvalue weighted by Gasteiger charge is -2.42. The number of H-pyrrole nitrogens is 1. The fourth-order valence-electron chi connectivity index (χ4n) is 7.63. The molecule has 0 bridgehead atoms. The summed E-state index contributed by atoms with van der Waals surface area (Å²) in [7, 11) is 0. The number of amides is 2. The molecule has 1 fully saturated rings. The number of pyridine rings is 2. The van der Waals surface area contributed by atoms with E-state index in [1.165, 1.54) is 17.5 Å². The van der Waals surface area contributed by atoms with E-state index in [4.69, 9.17) is 9.97 Å². The van der Waals surface area contributed by atoms with Gasteiger partial charge in [0.1, 0.15) is 17.7 Å². The van der Waals surface area contributed by atoms with E-state index in [2.05, 4.69) is 56.5 Å². The molecule has 1 saturated heterocycles. The van der Waals surface area contributed by atoms with E-state index in [0.717, 1.165) is 84.6 Å². The number of nitrogens with one attached hydrogen (secondary N) is 3. The van der Waals surface area contributed by atoms with E-state index in [-0.39, 0.29) is 30.1 Å². The lowest BCUT2D eigenvalue weighted by Crippen LogP contribution is -2.39. The topological polar surface area (TPSA) is 129 Å². The van der Waals surface area contributed by atoms with E-state index in [1.54, 1.807) is 6.07 Å². The minimum atomic E-state index is -4.47. The number of aromatic nitrogens is 5. The smallest absolute Gasteiger partial charge is 0.351 e. The molecule has 2 atom stereocenters. The molecule has 2 amide bonds. The first-order valence-corrected chi connectivity index (χ1v) is 18.7. The number of piperidine rings is 1. The number of fused-ring (bicyclic) bond motifs is 1. The Hall–Kier alpha value is -5.95. The number of aromatic amines is 1. The summed E-state index contributed by atoms with van der Waals surface area (Å²) >= 11 is 0. The van der Waals surface area contributed by atoms with Crippen molar-refractivity contribution in [2.45, 2.75) is 71.3 Å². The number of hydrogen-bond donors (Lipinski definition) is 3. The van der Waals surface area contributed by atoms with Gasteiger partial charge in [0.25, 0.3) is 11.8 Å². The molecule has 1 aliphatic heterocycles. The minimum absolute atomic E-state index is 0.138. The second-order valence-electron chi connectivity index (χ2n) is 14.3. The maximum atomic E-state index is 13.5. The molecule has 2 aromatic carbocycles. The molecule has 0 radical (unpaired) electrons. The van der Waals surface area contributed by atoms with Crippen LogP contribution in [0.1, 0.15) is 97.8 Å². The van der Waals surface area contributed by atoms with Crippen molar-refractivity contribution in [3.8, 4) is 11.3 Å². The monoisotopic (exact) mass is 760 g/mol. The second-order valence-corrected chi connectivity index (χ2v) is 14.3. The molecular weight excluding hydrogens is 718 g/mol. The number of carbonyl (C=O) groups excluding carboxylic acids is 2. The highest BCUT2D eigenvalue weighted by atomic mass is 19.4. The Kier molecular flexibility index (Phi) is 11.2. The Morgan fingerprint density at radius 3 is 2.11 bits per heavy atom. The third kappa shape index (κ3) is 8.32. The van der Waals surface area contributed by atoms with Gasteiger partial charge in [-0.05, 0) is 117 Å². The van der Waals surface area contributed by atoms with Crippen LogP contribution in [0.3, 0.4) is 0 Å². The van der Waals surface area contributed by atoms with Crippen LogP contribution < -0.4 is 10.6 Å². The number of halogens is 3. The molecule has 6 aromatic rings. The summed E-state index contributed by atoms with van der Waals surface area (Å²) in [6.07, 6.45) is 4.54. The van der Waals surface area contributed by atoms with Gasteiger partial charge in [-0.2, -0.15) is 13.2 Å². The summed E-state index contributed by atoms with van der Waals surface area (Å²) in [6, 6.07) is 20.0. The number of carbonyl (C=O) groups is 2. The van der Waals surface area contributed by atoms with Gasteiger partial charge in [-0.1, -0.05) is 24.3 Å². The molecule has 1 aliphatic rings. The Morgan fingerprint density at radius 2 is 1.48 bits per heavy atom. The quantitative estimate of drug-likeness (QED) is 0.113. The van der Waals surface area contributed by atoms with Crippen molar-refractivity contribution in [1.82, 2.24) is 40.5 Å². The molecule has 7 rings (SSSR count). The second kappa shape index (κ2) is 16.4.